The lowest BCUT2D eigenvalue weighted by Gasteiger charge is -2.26. The normalized spacial score (nSPS) is 16.6. The van der Waals surface area contributed by atoms with Gasteiger partial charge in [-0.1, -0.05) is 23.7 Å². The summed E-state index contributed by atoms with van der Waals surface area (Å²) in [5.74, 6) is 1.07. The van der Waals surface area contributed by atoms with Crippen LogP contribution in [0.15, 0.2) is 36.7 Å². The monoisotopic (exact) mass is 355 g/mol. The average Bonchev–Trinajstić information content (AvgIpc) is 2.56. The van der Waals surface area contributed by atoms with Crippen molar-refractivity contribution < 1.29 is 9.47 Å². The van der Waals surface area contributed by atoms with E-state index in [-0.39, 0.29) is 6.10 Å². The lowest BCUT2D eigenvalue weighted by Crippen LogP contribution is -2.32. The van der Waals surface area contributed by atoms with E-state index in [1.54, 1.807) is 0 Å². The standard InChI is InChI=1S/C19H18ClN3O2/c1-11-13(3-2-4-15(11)20)14-5-6-16(25-9-12-7-8-24-12)17-18(14)22-10-23-19(17)21/h2-6,10,12H,7-9H2,1H3,(H2,21,22,23)/t12-/m1/s1. The zero-order valence-electron chi connectivity index (χ0n) is 13.8. The van der Waals surface area contributed by atoms with E-state index >= 15 is 0 Å². The van der Waals surface area contributed by atoms with E-state index < -0.39 is 0 Å². The molecule has 1 aliphatic heterocycles. The predicted octanol–water partition coefficient (Wildman–Crippen LogP) is 4.01. The third-order valence-electron chi connectivity index (χ3n) is 4.56. The minimum absolute atomic E-state index is 0.149. The molecule has 0 radical (unpaired) electrons. The second kappa shape index (κ2) is 6.50. The third kappa shape index (κ3) is 2.90. The molecule has 25 heavy (non-hydrogen) atoms. The topological polar surface area (TPSA) is 70.3 Å². The van der Waals surface area contributed by atoms with Crippen LogP contribution in [0.2, 0.25) is 5.02 Å². The molecule has 3 aromatic rings. The molecular formula is C19H18ClN3O2. The van der Waals surface area contributed by atoms with Crippen molar-refractivity contribution in [1.82, 2.24) is 9.97 Å². The van der Waals surface area contributed by atoms with Crippen molar-refractivity contribution >= 4 is 28.3 Å². The van der Waals surface area contributed by atoms with Crippen molar-refractivity contribution in [2.24, 2.45) is 0 Å². The fourth-order valence-corrected chi connectivity index (χ4v) is 3.18. The van der Waals surface area contributed by atoms with Crippen molar-refractivity contribution in [3.05, 3.63) is 47.2 Å². The Balaban J connectivity index is 1.84. The van der Waals surface area contributed by atoms with Crippen LogP contribution in [-0.4, -0.2) is 29.3 Å². The molecule has 0 amide bonds. The van der Waals surface area contributed by atoms with Crippen LogP contribution in [-0.2, 0) is 4.74 Å². The van der Waals surface area contributed by atoms with Crippen LogP contribution in [0.5, 0.6) is 5.75 Å². The van der Waals surface area contributed by atoms with E-state index in [1.807, 2.05) is 37.3 Å². The van der Waals surface area contributed by atoms with Gasteiger partial charge >= 0.3 is 0 Å². The Morgan fingerprint density at radius 3 is 2.84 bits per heavy atom. The summed E-state index contributed by atoms with van der Waals surface area (Å²) in [5, 5.41) is 1.44. The van der Waals surface area contributed by atoms with Crippen molar-refractivity contribution in [3.63, 3.8) is 0 Å². The average molecular weight is 356 g/mol. The maximum Gasteiger partial charge on any atom is 0.138 e. The van der Waals surface area contributed by atoms with Crippen LogP contribution >= 0.6 is 11.6 Å². The van der Waals surface area contributed by atoms with Gasteiger partial charge in [0.1, 0.15) is 24.5 Å². The summed E-state index contributed by atoms with van der Waals surface area (Å²) in [5.41, 5.74) is 9.86. The summed E-state index contributed by atoms with van der Waals surface area (Å²) in [6.45, 7) is 3.29. The molecule has 0 unspecified atom stereocenters. The second-order valence-electron chi connectivity index (χ2n) is 6.10. The Morgan fingerprint density at radius 2 is 2.08 bits per heavy atom. The number of nitrogen functional groups attached to an aromatic ring is 1. The zero-order chi connectivity index (χ0) is 17.4. The molecule has 1 fully saturated rings. The number of ether oxygens (including phenoxy) is 2. The number of hydrogen-bond donors (Lipinski definition) is 1. The molecule has 2 N–H and O–H groups in total. The molecule has 6 heteroatoms. The second-order valence-corrected chi connectivity index (χ2v) is 6.51. The summed E-state index contributed by atoms with van der Waals surface area (Å²) in [4.78, 5) is 8.60. The van der Waals surface area contributed by atoms with Crippen LogP contribution in [0.3, 0.4) is 0 Å². The first-order valence-corrected chi connectivity index (χ1v) is 8.56. The van der Waals surface area contributed by atoms with E-state index in [0.717, 1.165) is 45.6 Å². The number of halogens is 1. The first-order valence-electron chi connectivity index (χ1n) is 8.18. The first-order chi connectivity index (χ1) is 12.1. The molecule has 0 saturated carbocycles. The van der Waals surface area contributed by atoms with Gasteiger partial charge in [-0.05, 0) is 36.2 Å². The number of nitrogens with zero attached hydrogens (tertiary/aromatic N) is 2. The van der Waals surface area contributed by atoms with Crippen LogP contribution in [0.25, 0.3) is 22.0 Å². The van der Waals surface area contributed by atoms with Gasteiger partial charge in [0.2, 0.25) is 0 Å². The maximum absolute atomic E-state index is 6.29. The first kappa shape index (κ1) is 16.1. The van der Waals surface area contributed by atoms with Gasteiger partial charge in [-0.15, -0.1) is 0 Å². The Labute approximate surface area is 150 Å². The molecule has 1 saturated heterocycles. The highest BCUT2D eigenvalue weighted by atomic mass is 35.5. The Kier molecular flexibility index (Phi) is 4.19. The number of nitrogens with two attached hydrogens (primary N) is 1. The molecule has 1 atom stereocenters. The highest BCUT2D eigenvalue weighted by molar-refractivity contribution is 6.31. The number of fused-ring (bicyclic) bond motifs is 1. The Morgan fingerprint density at radius 1 is 1.24 bits per heavy atom. The van der Waals surface area contributed by atoms with E-state index in [9.17, 15) is 0 Å². The summed E-state index contributed by atoms with van der Waals surface area (Å²) in [6, 6.07) is 9.74. The number of aromatic nitrogens is 2. The van der Waals surface area contributed by atoms with E-state index in [1.165, 1.54) is 6.33 Å². The number of anilines is 1. The van der Waals surface area contributed by atoms with Gasteiger partial charge in [-0.25, -0.2) is 9.97 Å². The lowest BCUT2D eigenvalue weighted by molar-refractivity contribution is -0.0718. The van der Waals surface area contributed by atoms with Gasteiger partial charge in [0.15, 0.2) is 0 Å². The molecule has 0 aliphatic carbocycles. The van der Waals surface area contributed by atoms with Crippen molar-refractivity contribution in [1.29, 1.82) is 0 Å². The molecule has 1 aromatic heterocycles. The van der Waals surface area contributed by atoms with Crippen molar-refractivity contribution in [3.8, 4) is 16.9 Å². The Hall–Kier alpha value is -2.37. The largest absolute Gasteiger partial charge is 0.490 e. The highest BCUT2D eigenvalue weighted by Crippen LogP contribution is 2.38. The van der Waals surface area contributed by atoms with Crippen LogP contribution in [0.4, 0.5) is 5.82 Å². The molecular weight excluding hydrogens is 338 g/mol. The van der Waals surface area contributed by atoms with Gasteiger partial charge in [0.05, 0.1) is 17.0 Å². The van der Waals surface area contributed by atoms with Gasteiger partial charge in [0, 0.05) is 23.6 Å². The number of hydrogen-bond acceptors (Lipinski definition) is 5. The summed E-state index contributed by atoms with van der Waals surface area (Å²) < 4.78 is 11.4. The highest BCUT2D eigenvalue weighted by Gasteiger charge is 2.20. The fraction of sp³-hybridized carbons (Fsp3) is 0.263. The number of benzene rings is 2. The number of rotatable bonds is 4. The molecule has 5 nitrogen and oxygen atoms in total. The minimum Gasteiger partial charge on any atom is -0.490 e. The molecule has 0 bridgehead atoms. The lowest BCUT2D eigenvalue weighted by atomic mass is 9.97. The third-order valence-corrected chi connectivity index (χ3v) is 4.96. The summed E-state index contributed by atoms with van der Waals surface area (Å²) in [6.07, 6.45) is 2.64. The van der Waals surface area contributed by atoms with Gasteiger partial charge < -0.3 is 15.2 Å². The molecule has 0 spiro atoms. The maximum atomic E-state index is 6.29. The Bertz CT molecular complexity index is 941. The SMILES string of the molecule is Cc1c(Cl)cccc1-c1ccc(OC[C@H]2CCO2)c2c(N)ncnc12. The molecule has 128 valence electrons. The van der Waals surface area contributed by atoms with Gasteiger partial charge in [-0.3, -0.25) is 0 Å². The zero-order valence-corrected chi connectivity index (χ0v) is 14.6. The van der Waals surface area contributed by atoms with Crippen LogP contribution < -0.4 is 10.5 Å². The minimum atomic E-state index is 0.149. The van der Waals surface area contributed by atoms with Crippen molar-refractivity contribution in [2.45, 2.75) is 19.4 Å². The molecule has 4 rings (SSSR count). The molecule has 2 aromatic carbocycles. The summed E-state index contributed by atoms with van der Waals surface area (Å²) in [7, 11) is 0. The van der Waals surface area contributed by atoms with Gasteiger partial charge in [0.25, 0.3) is 0 Å². The predicted molar refractivity (Wildman–Crippen MR) is 99.0 cm³/mol. The van der Waals surface area contributed by atoms with Crippen molar-refractivity contribution in [2.75, 3.05) is 18.9 Å². The summed E-state index contributed by atoms with van der Waals surface area (Å²) >= 11 is 6.29. The molecule has 1 aliphatic rings. The van der Waals surface area contributed by atoms with Crippen LogP contribution in [0, 0.1) is 6.92 Å². The van der Waals surface area contributed by atoms with E-state index in [4.69, 9.17) is 26.8 Å². The van der Waals surface area contributed by atoms with E-state index in [0.29, 0.717) is 18.2 Å². The smallest absolute Gasteiger partial charge is 0.138 e. The molecule has 2 heterocycles. The quantitative estimate of drug-likeness (QED) is 0.765. The van der Waals surface area contributed by atoms with Gasteiger partial charge in [-0.2, -0.15) is 0 Å². The van der Waals surface area contributed by atoms with E-state index in [2.05, 4.69) is 9.97 Å². The fourth-order valence-electron chi connectivity index (χ4n) is 3.00. The van der Waals surface area contributed by atoms with Crippen LogP contribution in [0.1, 0.15) is 12.0 Å².